The van der Waals surface area contributed by atoms with Crippen LogP contribution < -0.4 is 10.1 Å². The van der Waals surface area contributed by atoms with Crippen molar-refractivity contribution in [3.05, 3.63) is 35.7 Å². The lowest BCUT2D eigenvalue weighted by atomic mass is 10.0. The first-order valence-corrected chi connectivity index (χ1v) is 9.59. The second-order valence-corrected chi connectivity index (χ2v) is 7.98. The standard InChI is InChI=1S/C18H22N4O2S/c1-11(25-18-21-20-16(22(18)2)12-7-8-12)17(23)19-14-9-10-24-15-6-4-3-5-13(14)15/h3-6,11-12,14H,7-10H2,1-2H3,(H,19,23)/t11-,14-/m1/s1. The molecule has 1 amide bonds. The molecule has 25 heavy (non-hydrogen) atoms. The first-order valence-electron chi connectivity index (χ1n) is 8.71. The molecular formula is C18H22N4O2S. The number of hydrogen-bond acceptors (Lipinski definition) is 5. The number of fused-ring (bicyclic) bond motifs is 1. The zero-order valence-electron chi connectivity index (χ0n) is 14.4. The van der Waals surface area contributed by atoms with Crippen molar-refractivity contribution in [3.8, 4) is 5.75 Å². The van der Waals surface area contributed by atoms with Crippen LogP contribution in [0.3, 0.4) is 0 Å². The summed E-state index contributed by atoms with van der Waals surface area (Å²) in [5, 5.41) is 12.3. The molecule has 132 valence electrons. The Bertz CT molecular complexity index is 787. The number of amides is 1. The Labute approximate surface area is 151 Å². The van der Waals surface area contributed by atoms with E-state index in [-0.39, 0.29) is 17.2 Å². The molecule has 4 rings (SSSR count). The first-order chi connectivity index (χ1) is 12.1. The maximum atomic E-state index is 12.7. The highest BCUT2D eigenvalue weighted by atomic mass is 32.2. The van der Waals surface area contributed by atoms with E-state index in [1.165, 1.54) is 24.6 Å². The van der Waals surface area contributed by atoms with Gasteiger partial charge in [-0.15, -0.1) is 10.2 Å². The zero-order valence-corrected chi connectivity index (χ0v) is 15.3. The number of nitrogens with one attached hydrogen (secondary N) is 1. The van der Waals surface area contributed by atoms with Gasteiger partial charge in [-0.25, -0.2) is 0 Å². The molecule has 0 spiro atoms. The fourth-order valence-corrected chi connectivity index (χ4v) is 3.95. The van der Waals surface area contributed by atoms with E-state index in [9.17, 15) is 4.79 Å². The molecule has 1 aliphatic carbocycles. The molecule has 1 saturated carbocycles. The zero-order chi connectivity index (χ0) is 17.4. The Morgan fingerprint density at radius 2 is 2.12 bits per heavy atom. The smallest absolute Gasteiger partial charge is 0.233 e. The predicted octanol–water partition coefficient (Wildman–Crippen LogP) is 2.81. The van der Waals surface area contributed by atoms with E-state index in [0.29, 0.717) is 12.5 Å². The van der Waals surface area contributed by atoms with Crippen molar-refractivity contribution >= 4 is 17.7 Å². The van der Waals surface area contributed by atoms with E-state index in [0.717, 1.165) is 28.7 Å². The lowest BCUT2D eigenvalue weighted by Gasteiger charge is -2.27. The maximum Gasteiger partial charge on any atom is 0.233 e. The third-order valence-electron chi connectivity index (χ3n) is 4.74. The number of thioether (sulfide) groups is 1. The number of ether oxygens (including phenoxy) is 1. The molecule has 0 bridgehead atoms. The first kappa shape index (κ1) is 16.4. The van der Waals surface area contributed by atoms with Crippen LogP contribution in [0.15, 0.2) is 29.4 Å². The number of hydrogen-bond donors (Lipinski definition) is 1. The normalized spacial score (nSPS) is 20.5. The van der Waals surface area contributed by atoms with Gasteiger partial charge in [-0.3, -0.25) is 4.79 Å². The van der Waals surface area contributed by atoms with Gasteiger partial charge < -0.3 is 14.6 Å². The Morgan fingerprint density at radius 1 is 1.32 bits per heavy atom. The molecule has 1 aliphatic heterocycles. The third-order valence-corrected chi connectivity index (χ3v) is 5.87. The van der Waals surface area contributed by atoms with Crippen molar-refractivity contribution in [2.24, 2.45) is 7.05 Å². The molecule has 0 unspecified atom stereocenters. The average Bonchev–Trinajstić information content (AvgIpc) is 3.40. The second kappa shape index (κ2) is 6.71. The molecule has 1 N–H and O–H groups in total. The van der Waals surface area contributed by atoms with Crippen molar-refractivity contribution in [2.75, 3.05) is 6.61 Å². The number of rotatable bonds is 5. The lowest BCUT2D eigenvalue weighted by molar-refractivity contribution is -0.121. The van der Waals surface area contributed by atoms with E-state index in [2.05, 4.69) is 15.5 Å². The van der Waals surface area contributed by atoms with Gasteiger partial charge in [-0.2, -0.15) is 0 Å². The van der Waals surface area contributed by atoms with Crippen molar-refractivity contribution < 1.29 is 9.53 Å². The van der Waals surface area contributed by atoms with Gasteiger partial charge in [0.1, 0.15) is 11.6 Å². The van der Waals surface area contributed by atoms with Gasteiger partial charge in [0.2, 0.25) is 5.91 Å². The summed E-state index contributed by atoms with van der Waals surface area (Å²) in [4.78, 5) is 12.7. The summed E-state index contributed by atoms with van der Waals surface area (Å²) in [6.45, 7) is 2.54. The van der Waals surface area contributed by atoms with E-state index in [4.69, 9.17) is 4.74 Å². The molecule has 0 saturated heterocycles. The number of nitrogens with zero attached hydrogens (tertiary/aromatic N) is 3. The SMILES string of the molecule is C[C@@H](Sc1nnc(C2CC2)n1C)C(=O)N[C@@H]1CCOc2ccccc21. The van der Waals surface area contributed by atoms with Gasteiger partial charge in [0.05, 0.1) is 17.9 Å². The van der Waals surface area contributed by atoms with Gasteiger partial charge in [-0.1, -0.05) is 30.0 Å². The van der Waals surface area contributed by atoms with Crippen LogP contribution in [0.25, 0.3) is 0 Å². The quantitative estimate of drug-likeness (QED) is 0.833. The fourth-order valence-electron chi connectivity index (χ4n) is 3.12. The summed E-state index contributed by atoms with van der Waals surface area (Å²) in [6, 6.07) is 7.89. The highest BCUT2D eigenvalue weighted by Crippen LogP contribution is 2.40. The molecule has 1 fully saturated rings. The number of carbonyl (C=O) groups is 1. The molecule has 0 radical (unpaired) electrons. The van der Waals surface area contributed by atoms with Crippen molar-refractivity contribution in [1.29, 1.82) is 0 Å². The number of aromatic nitrogens is 3. The van der Waals surface area contributed by atoms with Crippen LogP contribution in [0, 0.1) is 0 Å². The highest BCUT2D eigenvalue weighted by molar-refractivity contribution is 8.00. The van der Waals surface area contributed by atoms with Crippen LogP contribution in [-0.4, -0.2) is 32.5 Å². The summed E-state index contributed by atoms with van der Waals surface area (Å²) in [7, 11) is 1.98. The Balaban J connectivity index is 1.41. The monoisotopic (exact) mass is 358 g/mol. The summed E-state index contributed by atoms with van der Waals surface area (Å²) >= 11 is 1.46. The van der Waals surface area contributed by atoms with Crippen molar-refractivity contribution in [1.82, 2.24) is 20.1 Å². The highest BCUT2D eigenvalue weighted by Gasteiger charge is 2.30. The summed E-state index contributed by atoms with van der Waals surface area (Å²) in [5.41, 5.74) is 1.05. The number of para-hydroxylation sites is 1. The largest absolute Gasteiger partial charge is 0.493 e. The molecule has 1 aromatic carbocycles. The van der Waals surface area contributed by atoms with Crippen LogP contribution in [0.5, 0.6) is 5.75 Å². The summed E-state index contributed by atoms with van der Waals surface area (Å²) in [5.74, 6) is 2.47. The van der Waals surface area contributed by atoms with Crippen molar-refractivity contribution in [3.63, 3.8) is 0 Å². The van der Waals surface area contributed by atoms with Crippen LogP contribution in [0.2, 0.25) is 0 Å². The van der Waals surface area contributed by atoms with Gasteiger partial charge in [-0.05, 0) is 25.8 Å². The van der Waals surface area contributed by atoms with E-state index < -0.39 is 0 Å². The molecule has 1 aromatic heterocycles. The predicted molar refractivity (Wildman–Crippen MR) is 95.7 cm³/mol. The molecule has 7 heteroatoms. The summed E-state index contributed by atoms with van der Waals surface area (Å²) < 4.78 is 7.68. The second-order valence-electron chi connectivity index (χ2n) is 6.67. The maximum absolute atomic E-state index is 12.7. The van der Waals surface area contributed by atoms with Crippen LogP contribution in [0.4, 0.5) is 0 Å². The lowest BCUT2D eigenvalue weighted by Crippen LogP contribution is -2.36. The minimum absolute atomic E-state index is 0.00187. The van der Waals surface area contributed by atoms with Crippen LogP contribution in [0.1, 0.15) is 49.5 Å². The number of benzene rings is 1. The minimum Gasteiger partial charge on any atom is -0.493 e. The fraction of sp³-hybridized carbons (Fsp3) is 0.500. The Hall–Kier alpha value is -2.02. The van der Waals surface area contributed by atoms with Gasteiger partial charge in [0.15, 0.2) is 5.16 Å². The molecule has 2 aliphatic rings. The molecule has 2 heterocycles. The van der Waals surface area contributed by atoms with E-state index >= 15 is 0 Å². The molecule has 2 aromatic rings. The minimum atomic E-state index is -0.232. The molecule has 6 nitrogen and oxygen atoms in total. The Kier molecular flexibility index (Phi) is 4.41. The van der Waals surface area contributed by atoms with E-state index in [1.54, 1.807) is 0 Å². The van der Waals surface area contributed by atoms with Crippen molar-refractivity contribution in [2.45, 2.75) is 48.6 Å². The Morgan fingerprint density at radius 3 is 2.92 bits per heavy atom. The average molecular weight is 358 g/mol. The van der Waals surface area contributed by atoms with Gasteiger partial charge in [0, 0.05) is 24.9 Å². The van der Waals surface area contributed by atoms with Crippen LogP contribution >= 0.6 is 11.8 Å². The van der Waals surface area contributed by atoms with Gasteiger partial charge >= 0.3 is 0 Å². The topological polar surface area (TPSA) is 69.0 Å². The molecule has 2 atom stereocenters. The van der Waals surface area contributed by atoms with Gasteiger partial charge in [0.25, 0.3) is 0 Å². The summed E-state index contributed by atoms with van der Waals surface area (Å²) in [6.07, 6.45) is 3.17. The van der Waals surface area contributed by atoms with Crippen LogP contribution in [-0.2, 0) is 11.8 Å². The van der Waals surface area contributed by atoms with E-state index in [1.807, 2.05) is 42.8 Å². The third kappa shape index (κ3) is 3.38. The molecular weight excluding hydrogens is 336 g/mol. The number of carbonyl (C=O) groups excluding carboxylic acids is 1.